The van der Waals surface area contributed by atoms with Crippen LogP contribution in [0.15, 0.2) is 55.0 Å². The van der Waals surface area contributed by atoms with Crippen LogP contribution in [-0.2, 0) is 24.4 Å². The van der Waals surface area contributed by atoms with Gasteiger partial charge in [0.2, 0.25) is 0 Å². The van der Waals surface area contributed by atoms with Gasteiger partial charge in [-0.3, -0.25) is 0 Å². The Morgan fingerprint density at radius 1 is 1.19 bits per heavy atom. The van der Waals surface area contributed by atoms with E-state index in [1.165, 1.54) is 12.1 Å². The fraction of sp³-hybridized carbons (Fsp3) is 0.261. The van der Waals surface area contributed by atoms with Crippen LogP contribution in [-0.4, -0.2) is 28.4 Å². The van der Waals surface area contributed by atoms with Crippen LogP contribution in [0.2, 0.25) is 5.02 Å². The number of nitrogens with zero attached hydrogens (tertiary/aromatic N) is 3. The molecule has 3 aromatic rings. The first-order chi connectivity index (χ1) is 15.1. The Hall–Kier alpha value is -3.05. The first kappa shape index (κ1) is 22.6. The summed E-state index contributed by atoms with van der Waals surface area (Å²) in [6, 6.07) is 13.6. The lowest BCUT2D eigenvalue weighted by molar-refractivity contribution is -0.109. The van der Waals surface area contributed by atoms with E-state index in [1.807, 2.05) is 16.7 Å². The minimum absolute atomic E-state index is 0.318. The van der Waals surface area contributed by atoms with Crippen molar-refractivity contribution in [1.29, 1.82) is 5.26 Å². The van der Waals surface area contributed by atoms with Gasteiger partial charge in [-0.05, 0) is 54.4 Å². The summed E-state index contributed by atoms with van der Waals surface area (Å²) in [5, 5.41) is 15.7. The molecule has 0 aliphatic rings. The minimum Gasteiger partial charge on any atom is -0.329 e. The molecule has 0 saturated carbocycles. The smallest absolute Gasteiger partial charge is 0.136 e. The number of nitrogens with one attached hydrogen (secondary N) is 2. The number of aromatic nitrogens is 2. The fourth-order valence-electron chi connectivity index (χ4n) is 3.18. The van der Waals surface area contributed by atoms with E-state index in [0.29, 0.717) is 43.2 Å². The van der Waals surface area contributed by atoms with Crippen molar-refractivity contribution in [2.75, 3.05) is 6.54 Å². The number of benzene rings is 2. The van der Waals surface area contributed by atoms with E-state index in [9.17, 15) is 9.18 Å². The van der Waals surface area contributed by atoms with Crippen molar-refractivity contribution in [3.8, 4) is 6.07 Å². The van der Waals surface area contributed by atoms with Crippen LogP contribution in [0, 0.1) is 17.1 Å². The lowest BCUT2D eigenvalue weighted by atomic mass is 10.1. The highest BCUT2D eigenvalue weighted by molar-refractivity contribution is 6.30. The third kappa shape index (κ3) is 7.00. The van der Waals surface area contributed by atoms with Crippen molar-refractivity contribution in [2.24, 2.45) is 0 Å². The van der Waals surface area contributed by atoms with Crippen LogP contribution in [0.1, 0.15) is 28.8 Å². The predicted octanol–water partition coefficient (Wildman–Crippen LogP) is 3.43. The van der Waals surface area contributed by atoms with Gasteiger partial charge >= 0.3 is 0 Å². The summed E-state index contributed by atoms with van der Waals surface area (Å²) < 4.78 is 15.4. The Morgan fingerprint density at radius 2 is 2.00 bits per heavy atom. The van der Waals surface area contributed by atoms with Gasteiger partial charge in [0.05, 0.1) is 29.7 Å². The average Bonchev–Trinajstić information content (AvgIpc) is 3.20. The zero-order chi connectivity index (χ0) is 22.1. The predicted molar refractivity (Wildman–Crippen MR) is 117 cm³/mol. The van der Waals surface area contributed by atoms with Gasteiger partial charge in [-0.1, -0.05) is 23.7 Å². The number of hydrogen-bond acceptors (Lipinski definition) is 5. The summed E-state index contributed by atoms with van der Waals surface area (Å²) in [6.07, 6.45) is 5.00. The first-order valence-corrected chi connectivity index (χ1v) is 10.3. The van der Waals surface area contributed by atoms with Crippen molar-refractivity contribution in [2.45, 2.75) is 32.1 Å². The van der Waals surface area contributed by atoms with Gasteiger partial charge in [0, 0.05) is 30.9 Å². The molecule has 0 saturated heterocycles. The van der Waals surface area contributed by atoms with E-state index in [4.69, 9.17) is 16.9 Å². The Bertz CT molecular complexity index is 1020. The maximum absolute atomic E-state index is 13.4. The van der Waals surface area contributed by atoms with Crippen molar-refractivity contribution < 1.29 is 9.18 Å². The van der Waals surface area contributed by atoms with Gasteiger partial charge in [-0.2, -0.15) is 5.26 Å². The molecule has 0 bridgehead atoms. The molecule has 31 heavy (non-hydrogen) atoms. The zero-order valence-corrected chi connectivity index (χ0v) is 17.6. The molecule has 2 N–H and O–H groups in total. The molecule has 1 atom stereocenters. The van der Waals surface area contributed by atoms with Crippen molar-refractivity contribution in [3.05, 3.63) is 88.2 Å². The van der Waals surface area contributed by atoms with Gasteiger partial charge in [-0.15, -0.1) is 0 Å². The number of nitriles is 1. The fourth-order valence-corrected chi connectivity index (χ4v) is 3.42. The molecule has 0 fully saturated rings. The topological polar surface area (TPSA) is 82.7 Å². The Labute approximate surface area is 185 Å². The van der Waals surface area contributed by atoms with Crippen LogP contribution in [0.5, 0.6) is 0 Å². The molecule has 0 radical (unpaired) electrons. The summed E-state index contributed by atoms with van der Waals surface area (Å²) in [6.45, 7) is 2.20. The summed E-state index contributed by atoms with van der Waals surface area (Å²) in [7, 11) is 0. The molecule has 0 amide bonds. The molecule has 2 aromatic carbocycles. The normalized spacial score (nSPS) is 11.8. The quantitative estimate of drug-likeness (QED) is 0.353. The van der Waals surface area contributed by atoms with Crippen molar-refractivity contribution in [3.63, 3.8) is 0 Å². The molecule has 160 valence electrons. The maximum atomic E-state index is 13.4. The second-order valence-corrected chi connectivity index (χ2v) is 7.62. The summed E-state index contributed by atoms with van der Waals surface area (Å²) >= 11 is 5.86. The zero-order valence-electron chi connectivity index (χ0n) is 16.9. The van der Waals surface area contributed by atoms with Gasteiger partial charge in [-0.25, -0.2) is 9.37 Å². The van der Waals surface area contributed by atoms with Crippen LogP contribution >= 0.6 is 11.6 Å². The standard InChI is InChI=1S/C23H23ClFN5O/c24-20-7-19(8-21(25)9-20)11-27-6-5-22(15-31)29-13-23-12-28-16-30(23)14-18-3-1-17(10-26)2-4-18/h1-4,7-9,12,15-16,22,27,29H,5-6,11,13-14H2/t22-/m1/s1. The van der Waals surface area contributed by atoms with Crippen LogP contribution in [0.4, 0.5) is 4.39 Å². The van der Waals surface area contributed by atoms with Crippen LogP contribution in [0.25, 0.3) is 0 Å². The molecule has 8 heteroatoms. The Balaban J connectivity index is 1.45. The number of aldehydes is 1. The summed E-state index contributed by atoms with van der Waals surface area (Å²) in [5.41, 5.74) is 3.40. The molecule has 3 rings (SSSR count). The molecule has 0 spiro atoms. The highest BCUT2D eigenvalue weighted by Gasteiger charge is 2.09. The maximum Gasteiger partial charge on any atom is 0.136 e. The lowest BCUT2D eigenvalue weighted by Crippen LogP contribution is -2.34. The highest BCUT2D eigenvalue weighted by Crippen LogP contribution is 2.14. The summed E-state index contributed by atoms with van der Waals surface area (Å²) in [4.78, 5) is 15.7. The van der Waals surface area contributed by atoms with Gasteiger partial charge in [0.25, 0.3) is 0 Å². The van der Waals surface area contributed by atoms with E-state index >= 15 is 0 Å². The van der Waals surface area contributed by atoms with E-state index in [2.05, 4.69) is 21.7 Å². The van der Waals surface area contributed by atoms with Gasteiger partial charge in [0.1, 0.15) is 12.1 Å². The van der Waals surface area contributed by atoms with Crippen molar-refractivity contribution in [1.82, 2.24) is 20.2 Å². The molecular weight excluding hydrogens is 417 g/mol. The number of halogens is 2. The van der Waals surface area contributed by atoms with E-state index < -0.39 is 0 Å². The number of carbonyl (C=O) groups excluding carboxylic acids is 1. The minimum atomic E-state index is -0.366. The second-order valence-electron chi connectivity index (χ2n) is 7.19. The molecule has 0 aliphatic heterocycles. The van der Waals surface area contributed by atoms with E-state index in [-0.39, 0.29) is 11.9 Å². The number of hydrogen-bond donors (Lipinski definition) is 2. The number of carbonyl (C=O) groups is 1. The molecule has 0 aliphatic carbocycles. The average molecular weight is 440 g/mol. The Kier molecular flexibility index (Phi) is 8.30. The molecular formula is C23H23ClFN5O. The third-order valence-corrected chi connectivity index (χ3v) is 5.05. The number of rotatable bonds is 11. The van der Waals surface area contributed by atoms with E-state index in [1.54, 1.807) is 30.7 Å². The molecule has 1 heterocycles. The molecule has 6 nitrogen and oxygen atoms in total. The second kappa shape index (κ2) is 11.4. The largest absolute Gasteiger partial charge is 0.329 e. The lowest BCUT2D eigenvalue weighted by Gasteiger charge is -2.15. The van der Waals surface area contributed by atoms with Gasteiger partial charge < -0.3 is 20.0 Å². The number of imidazole rings is 1. The van der Waals surface area contributed by atoms with Crippen LogP contribution < -0.4 is 10.6 Å². The van der Waals surface area contributed by atoms with Crippen molar-refractivity contribution >= 4 is 17.9 Å². The van der Waals surface area contributed by atoms with Crippen LogP contribution in [0.3, 0.4) is 0 Å². The summed E-state index contributed by atoms with van der Waals surface area (Å²) in [5.74, 6) is -0.366. The molecule has 0 unspecified atom stereocenters. The molecule has 1 aromatic heterocycles. The van der Waals surface area contributed by atoms with E-state index in [0.717, 1.165) is 23.1 Å². The SMILES string of the molecule is N#Cc1ccc(Cn2cncc2CN[C@@H](C=O)CCNCc2cc(F)cc(Cl)c2)cc1. The highest BCUT2D eigenvalue weighted by atomic mass is 35.5. The third-order valence-electron chi connectivity index (χ3n) is 4.83. The monoisotopic (exact) mass is 439 g/mol. The van der Waals surface area contributed by atoms with Gasteiger partial charge in [0.15, 0.2) is 0 Å². The first-order valence-electron chi connectivity index (χ1n) is 9.90. The Morgan fingerprint density at radius 3 is 2.71 bits per heavy atom.